The number of hydrogen-bond acceptors (Lipinski definition) is 4. The Labute approximate surface area is 157 Å². The summed E-state index contributed by atoms with van der Waals surface area (Å²) in [6.45, 7) is 0.914. The molecule has 1 unspecified atom stereocenters. The van der Waals surface area contributed by atoms with Crippen molar-refractivity contribution in [1.82, 2.24) is 4.72 Å². The number of sulfonamides is 1. The Hall–Kier alpha value is -2.29. The van der Waals surface area contributed by atoms with E-state index in [1.54, 1.807) is 12.1 Å². The Bertz CT molecular complexity index is 877. The molecule has 1 atom stereocenters. The molecule has 1 fully saturated rings. The van der Waals surface area contributed by atoms with Crippen LogP contribution in [0.25, 0.3) is 0 Å². The molecule has 144 valence electrons. The van der Waals surface area contributed by atoms with Gasteiger partial charge in [0.1, 0.15) is 5.82 Å². The highest BCUT2D eigenvalue weighted by molar-refractivity contribution is 7.89. The summed E-state index contributed by atoms with van der Waals surface area (Å²) in [6.07, 6.45) is 1.81. The van der Waals surface area contributed by atoms with Crippen LogP contribution in [0.1, 0.15) is 18.4 Å². The van der Waals surface area contributed by atoms with Gasteiger partial charge in [0.05, 0.1) is 17.4 Å². The van der Waals surface area contributed by atoms with E-state index in [9.17, 15) is 17.6 Å². The Morgan fingerprint density at radius 2 is 1.81 bits per heavy atom. The van der Waals surface area contributed by atoms with Gasteiger partial charge in [0.25, 0.3) is 0 Å². The van der Waals surface area contributed by atoms with E-state index < -0.39 is 10.0 Å². The maximum Gasteiger partial charge on any atom is 0.240 e. The van der Waals surface area contributed by atoms with Crippen molar-refractivity contribution in [2.45, 2.75) is 30.3 Å². The Balaban J connectivity index is 1.55. The summed E-state index contributed by atoms with van der Waals surface area (Å²) in [5.41, 5.74) is 1.17. The van der Waals surface area contributed by atoms with Gasteiger partial charge < -0.3 is 10.1 Å². The molecule has 0 aliphatic carbocycles. The standard InChI is InChI=1S/C19H21FN2O4S/c20-15-5-3-14(4-6-15)12-19(23)22-16-7-9-18(10-8-16)27(24,25)21-13-17-2-1-11-26-17/h3-10,17,21H,1-2,11-13H2,(H,22,23). The van der Waals surface area contributed by atoms with Gasteiger partial charge in [-0.25, -0.2) is 17.5 Å². The molecule has 1 aliphatic heterocycles. The molecular weight excluding hydrogens is 371 g/mol. The van der Waals surface area contributed by atoms with Crippen LogP contribution in [0.2, 0.25) is 0 Å². The van der Waals surface area contributed by atoms with Crippen molar-refractivity contribution >= 4 is 21.6 Å². The third kappa shape index (κ3) is 5.59. The topological polar surface area (TPSA) is 84.5 Å². The first-order chi connectivity index (χ1) is 12.9. The van der Waals surface area contributed by atoms with E-state index in [1.807, 2.05) is 0 Å². The average Bonchev–Trinajstić information content (AvgIpc) is 3.16. The molecule has 3 rings (SSSR count). The van der Waals surface area contributed by atoms with Crippen LogP contribution in [0.15, 0.2) is 53.4 Å². The fourth-order valence-electron chi connectivity index (χ4n) is 2.80. The van der Waals surface area contributed by atoms with Crippen LogP contribution in [0.5, 0.6) is 0 Å². The van der Waals surface area contributed by atoms with Gasteiger partial charge in [-0.05, 0) is 54.8 Å². The van der Waals surface area contributed by atoms with Crippen molar-refractivity contribution in [3.8, 4) is 0 Å². The molecule has 1 saturated heterocycles. The van der Waals surface area contributed by atoms with E-state index in [4.69, 9.17) is 4.74 Å². The summed E-state index contributed by atoms with van der Waals surface area (Å²) in [4.78, 5) is 12.2. The van der Waals surface area contributed by atoms with Gasteiger partial charge in [0.2, 0.25) is 15.9 Å². The van der Waals surface area contributed by atoms with Gasteiger partial charge in [0.15, 0.2) is 0 Å². The highest BCUT2D eigenvalue weighted by Crippen LogP contribution is 2.16. The molecule has 0 saturated carbocycles. The maximum absolute atomic E-state index is 12.9. The number of anilines is 1. The molecule has 8 heteroatoms. The Morgan fingerprint density at radius 1 is 1.11 bits per heavy atom. The summed E-state index contributed by atoms with van der Waals surface area (Å²) in [5, 5.41) is 2.69. The molecule has 6 nitrogen and oxygen atoms in total. The lowest BCUT2D eigenvalue weighted by Gasteiger charge is -2.12. The predicted molar refractivity (Wildman–Crippen MR) is 99.3 cm³/mol. The lowest BCUT2D eigenvalue weighted by atomic mass is 10.1. The normalized spacial score (nSPS) is 17.0. The van der Waals surface area contributed by atoms with Gasteiger partial charge >= 0.3 is 0 Å². The van der Waals surface area contributed by atoms with E-state index in [0.29, 0.717) is 17.9 Å². The van der Waals surface area contributed by atoms with Crippen molar-refractivity contribution < 1.29 is 22.3 Å². The van der Waals surface area contributed by atoms with Crippen LogP contribution < -0.4 is 10.0 Å². The van der Waals surface area contributed by atoms with Crippen LogP contribution in [-0.4, -0.2) is 33.6 Å². The van der Waals surface area contributed by atoms with Gasteiger partial charge in [-0.3, -0.25) is 4.79 Å². The van der Waals surface area contributed by atoms with E-state index in [2.05, 4.69) is 10.0 Å². The molecular formula is C19H21FN2O4S. The molecule has 2 N–H and O–H groups in total. The smallest absolute Gasteiger partial charge is 0.240 e. The van der Waals surface area contributed by atoms with Crippen LogP contribution in [0, 0.1) is 5.82 Å². The van der Waals surface area contributed by atoms with Crippen molar-refractivity contribution in [2.24, 2.45) is 0 Å². The van der Waals surface area contributed by atoms with Crippen LogP contribution in [0.3, 0.4) is 0 Å². The number of carbonyl (C=O) groups is 1. The number of amides is 1. The highest BCUT2D eigenvalue weighted by Gasteiger charge is 2.20. The third-order valence-electron chi connectivity index (χ3n) is 4.25. The molecule has 1 heterocycles. The number of hydrogen-bond donors (Lipinski definition) is 2. The Morgan fingerprint density at radius 3 is 2.44 bits per heavy atom. The summed E-state index contributed by atoms with van der Waals surface area (Å²) in [5.74, 6) is -0.627. The summed E-state index contributed by atoms with van der Waals surface area (Å²) >= 11 is 0. The first-order valence-electron chi connectivity index (χ1n) is 8.68. The zero-order valence-electron chi connectivity index (χ0n) is 14.7. The molecule has 0 spiro atoms. The van der Waals surface area contributed by atoms with E-state index in [-0.39, 0.29) is 35.7 Å². The van der Waals surface area contributed by atoms with Gasteiger partial charge in [-0.15, -0.1) is 0 Å². The summed E-state index contributed by atoms with van der Waals surface area (Å²) in [6, 6.07) is 11.6. The van der Waals surface area contributed by atoms with E-state index >= 15 is 0 Å². The fraction of sp³-hybridized carbons (Fsp3) is 0.316. The zero-order valence-corrected chi connectivity index (χ0v) is 15.5. The monoisotopic (exact) mass is 392 g/mol. The zero-order chi connectivity index (χ0) is 19.3. The fourth-order valence-corrected chi connectivity index (χ4v) is 3.87. The summed E-state index contributed by atoms with van der Waals surface area (Å²) in [7, 11) is -3.62. The van der Waals surface area contributed by atoms with Gasteiger partial charge in [0, 0.05) is 18.8 Å². The quantitative estimate of drug-likeness (QED) is 0.758. The first-order valence-corrected chi connectivity index (χ1v) is 10.2. The lowest BCUT2D eigenvalue weighted by Crippen LogP contribution is -2.31. The van der Waals surface area contributed by atoms with Crippen LogP contribution in [-0.2, 0) is 26.0 Å². The molecule has 0 aromatic heterocycles. The van der Waals surface area contributed by atoms with Crippen molar-refractivity contribution in [3.05, 3.63) is 59.9 Å². The number of nitrogens with one attached hydrogen (secondary N) is 2. The SMILES string of the molecule is O=C(Cc1ccc(F)cc1)Nc1ccc(S(=O)(=O)NCC2CCCO2)cc1. The number of carbonyl (C=O) groups excluding carboxylic acids is 1. The number of ether oxygens (including phenoxy) is 1. The van der Waals surface area contributed by atoms with Gasteiger partial charge in [-0.1, -0.05) is 12.1 Å². The molecule has 0 radical (unpaired) electrons. The number of benzene rings is 2. The minimum absolute atomic E-state index is 0.0789. The molecule has 1 amide bonds. The Kier molecular flexibility index (Phi) is 6.20. The predicted octanol–water partition coefficient (Wildman–Crippen LogP) is 2.46. The van der Waals surface area contributed by atoms with E-state index in [1.165, 1.54) is 36.4 Å². The van der Waals surface area contributed by atoms with Crippen molar-refractivity contribution in [2.75, 3.05) is 18.5 Å². The largest absolute Gasteiger partial charge is 0.377 e. The molecule has 1 aliphatic rings. The third-order valence-corrected chi connectivity index (χ3v) is 5.69. The summed E-state index contributed by atoms with van der Waals surface area (Å²) < 4.78 is 45.4. The van der Waals surface area contributed by atoms with Gasteiger partial charge in [-0.2, -0.15) is 0 Å². The molecule has 27 heavy (non-hydrogen) atoms. The second-order valence-electron chi connectivity index (χ2n) is 6.36. The van der Waals surface area contributed by atoms with Crippen molar-refractivity contribution in [1.29, 1.82) is 0 Å². The second-order valence-corrected chi connectivity index (χ2v) is 8.13. The minimum Gasteiger partial charge on any atom is -0.377 e. The average molecular weight is 392 g/mol. The maximum atomic E-state index is 12.9. The van der Waals surface area contributed by atoms with E-state index in [0.717, 1.165) is 12.8 Å². The molecule has 2 aromatic carbocycles. The molecule has 0 bridgehead atoms. The minimum atomic E-state index is -3.62. The van der Waals surface area contributed by atoms with Crippen molar-refractivity contribution in [3.63, 3.8) is 0 Å². The molecule has 2 aromatic rings. The number of halogens is 1. The van der Waals surface area contributed by atoms with Crippen LogP contribution >= 0.6 is 0 Å². The second kappa shape index (κ2) is 8.60. The number of rotatable bonds is 7. The first kappa shape index (κ1) is 19.5. The lowest BCUT2D eigenvalue weighted by molar-refractivity contribution is -0.115. The highest BCUT2D eigenvalue weighted by atomic mass is 32.2. The van der Waals surface area contributed by atoms with Crippen LogP contribution in [0.4, 0.5) is 10.1 Å².